The molecule has 0 radical (unpaired) electrons. The lowest BCUT2D eigenvalue weighted by Gasteiger charge is -2.39. The Hall–Kier alpha value is -1.47. The fourth-order valence-electron chi connectivity index (χ4n) is 3.22. The van der Waals surface area contributed by atoms with E-state index in [9.17, 15) is 9.59 Å². The smallest absolute Gasteiger partial charge is 0.322 e. The molecule has 3 amide bonds. The van der Waals surface area contributed by atoms with E-state index in [0.717, 1.165) is 43.2 Å². The van der Waals surface area contributed by atoms with E-state index in [1.54, 1.807) is 11.3 Å². The van der Waals surface area contributed by atoms with Crippen molar-refractivity contribution < 1.29 is 9.59 Å². The highest BCUT2D eigenvalue weighted by molar-refractivity contribution is 7.09. The lowest BCUT2D eigenvalue weighted by atomic mass is 9.80. The van der Waals surface area contributed by atoms with Gasteiger partial charge in [0.05, 0.1) is 10.7 Å². The predicted octanol–water partition coefficient (Wildman–Crippen LogP) is 1.26. The van der Waals surface area contributed by atoms with E-state index < -0.39 is 5.54 Å². The minimum Gasteiger partial charge on any atom is -0.323 e. The fourth-order valence-corrected chi connectivity index (χ4v) is 3.83. The summed E-state index contributed by atoms with van der Waals surface area (Å²) in [5.74, 6) is -0.0683. The van der Waals surface area contributed by atoms with Crippen LogP contribution in [0.3, 0.4) is 0 Å². The largest absolute Gasteiger partial charge is 0.323 e. The van der Waals surface area contributed by atoms with Gasteiger partial charge in [-0.3, -0.25) is 15.0 Å². The number of carbonyl (C=O) groups is 2. The third kappa shape index (κ3) is 2.80. The van der Waals surface area contributed by atoms with Crippen molar-refractivity contribution in [1.82, 2.24) is 20.5 Å². The summed E-state index contributed by atoms with van der Waals surface area (Å²) < 4.78 is 0. The lowest BCUT2D eigenvalue weighted by Crippen LogP contribution is -2.55. The van der Waals surface area contributed by atoms with Gasteiger partial charge in [-0.1, -0.05) is 0 Å². The summed E-state index contributed by atoms with van der Waals surface area (Å²) >= 11 is 1.66. The van der Waals surface area contributed by atoms with Crippen LogP contribution in [0, 0.1) is 12.8 Å². The van der Waals surface area contributed by atoms with Crippen LogP contribution in [0.15, 0.2) is 5.38 Å². The minimum atomic E-state index is -0.784. The summed E-state index contributed by atoms with van der Waals surface area (Å²) in [6, 6.07) is -0.380. The maximum atomic E-state index is 12.1. The Balaban J connectivity index is 1.68. The van der Waals surface area contributed by atoms with E-state index >= 15 is 0 Å². The number of urea groups is 1. The summed E-state index contributed by atoms with van der Waals surface area (Å²) in [6.07, 6.45) is 1.99. The second-order valence-electron chi connectivity index (χ2n) is 6.04. The van der Waals surface area contributed by atoms with Gasteiger partial charge >= 0.3 is 6.03 Å². The number of nitrogens with zero attached hydrogens (tertiary/aromatic N) is 2. The molecule has 2 N–H and O–H groups in total. The van der Waals surface area contributed by atoms with Crippen LogP contribution in [0.25, 0.3) is 0 Å². The molecule has 2 unspecified atom stereocenters. The average molecular weight is 308 g/mol. The number of nitrogens with one attached hydrogen (secondary N) is 2. The highest BCUT2D eigenvalue weighted by Gasteiger charge is 2.48. The van der Waals surface area contributed by atoms with Crippen molar-refractivity contribution >= 4 is 23.3 Å². The molecule has 21 heavy (non-hydrogen) atoms. The first-order valence-corrected chi connectivity index (χ1v) is 8.12. The number of carbonyl (C=O) groups excluding carboxylic acids is 2. The van der Waals surface area contributed by atoms with Crippen LogP contribution in [-0.2, 0) is 11.3 Å². The second kappa shape index (κ2) is 5.38. The summed E-state index contributed by atoms with van der Waals surface area (Å²) in [6.45, 7) is 6.47. The van der Waals surface area contributed by atoms with Crippen LogP contribution in [0.5, 0.6) is 0 Å². The summed E-state index contributed by atoms with van der Waals surface area (Å²) in [5, 5.41) is 8.32. The molecule has 0 saturated carbocycles. The summed E-state index contributed by atoms with van der Waals surface area (Å²) in [4.78, 5) is 30.3. The predicted molar refractivity (Wildman–Crippen MR) is 79.9 cm³/mol. The molecule has 2 atom stereocenters. The number of piperidine rings is 1. The van der Waals surface area contributed by atoms with E-state index in [2.05, 4.69) is 25.9 Å². The van der Waals surface area contributed by atoms with Gasteiger partial charge in [0.15, 0.2) is 0 Å². The molecule has 6 nitrogen and oxygen atoms in total. The number of thiazole rings is 1. The van der Waals surface area contributed by atoms with Gasteiger partial charge in [-0.25, -0.2) is 9.78 Å². The van der Waals surface area contributed by atoms with E-state index in [0.29, 0.717) is 0 Å². The quantitative estimate of drug-likeness (QED) is 0.825. The molecule has 0 spiro atoms. The molecule has 2 aliphatic heterocycles. The van der Waals surface area contributed by atoms with Crippen molar-refractivity contribution in [3.63, 3.8) is 0 Å². The molecule has 0 aromatic carbocycles. The van der Waals surface area contributed by atoms with Crippen LogP contribution in [0.4, 0.5) is 4.79 Å². The van der Waals surface area contributed by atoms with E-state index in [1.165, 1.54) is 0 Å². The number of rotatable bonds is 3. The summed E-state index contributed by atoms with van der Waals surface area (Å²) in [7, 11) is 0. The lowest BCUT2D eigenvalue weighted by molar-refractivity contribution is -0.126. The molecular formula is C14H20N4O2S. The Morgan fingerprint density at radius 2 is 2.33 bits per heavy atom. The Bertz CT molecular complexity index is 573. The first-order valence-electron chi connectivity index (χ1n) is 7.24. The monoisotopic (exact) mass is 308 g/mol. The third-order valence-corrected chi connectivity index (χ3v) is 5.27. The maximum absolute atomic E-state index is 12.1. The highest BCUT2D eigenvalue weighted by atomic mass is 32.1. The Labute approximate surface area is 127 Å². The van der Waals surface area contributed by atoms with Crippen molar-refractivity contribution in [3.8, 4) is 0 Å². The number of hydrogen-bond acceptors (Lipinski definition) is 5. The Kier molecular flexibility index (Phi) is 3.71. The molecule has 3 heterocycles. The zero-order valence-electron chi connectivity index (χ0n) is 12.3. The van der Waals surface area contributed by atoms with Crippen molar-refractivity contribution in [2.24, 2.45) is 5.92 Å². The van der Waals surface area contributed by atoms with Crippen LogP contribution in [-0.4, -0.2) is 40.5 Å². The first kappa shape index (κ1) is 14.5. The Morgan fingerprint density at radius 3 is 2.95 bits per heavy atom. The van der Waals surface area contributed by atoms with Crippen molar-refractivity contribution in [1.29, 1.82) is 0 Å². The molecule has 7 heteroatoms. The van der Waals surface area contributed by atoms with Crippen LogP contribution in [0.2, 0.25) is 0 Å². The van der Waals surface area contributed by atoms with Gasteiger partial charge in [-0.15, -0.1) is 11.3 Å². The zero-order chi connectivity index (χ0) is 15.0. The molecule has 2 aliphatic rings. The number of hydrogen-bond donors (Lipinski definition) is 2. The van der Waals surface area contributed by atoms with Gasteiger partial charge in [-0.2, -0.15) is 0 Å². The van der Waals surface area contributed by atoms with Gasteiger partial charge in [0.1, 0.15) is 5.54 Å². The van der Waals surface area contributed by atoms with E-state index in [1.807, 2.05) is 13.8 Å². The van der Waals surface area contributed by atoms with Crippen molar-refractivity contribution in [2.45, 2.75) is 38.8 Å². The molecule has 2 fully saturated rings. The third-order valence-electron chi connectivity index (χ3n) is 4.45. The van der Waals surface area contributed by atoms with Crippen LogP contribution in [0.1, 0.15) is 30.5 Å². The second-order valence-corrected chi connectivity index (χ2v) is 7.10. The van der Waals surface area contributed by atoms with E-state index in [4.69, 9.17) is 0 Å². The van der Waals surface area contributed by atoms with Crippen molar-refractivity contribution in [2.75, 3.05) is 13.1 Å². The topological polar surface area (TPSA) is 74.3 Å². The van der Waals surface area contributed by atoms with Crippen LogP contribution >= 0.6 is 11.3 Å². The normalized spacial score (nSPS) is 30.3. The van der Waals surface area contributed by atoms with Gasteiger partial charge in [0.25, 0.3) is 5.91 Å². The number of imide groups is 1. The van der Waals surface area contributed by atoms with Gasteiger partial charge < -0.3 is 5.32 Å². The SMILES string of the molecule is Cc1nc(CN2CCCC(C3(C)NC(=O)NC3=O)C2)cs1. The standard InChI is InChI=1S/C14H20N4O2S/c1-9-15-11(8-21-9)7-18-5-3-4-10(6-18)14(2)12(19)16-13(20)17-14/h8,10H,3-7H2,1-2H3,(H2,16,17,19,20). The summed E-state index contributed by atoms with van der Waals surface area (Å²) in [5.41, 5.74) is 0.302. The maximum Gasteiger partial charge on any atom is 0.322 e. The molecule has 1 aromatic heterocycles. The Morgan fingerprint density at radius 1 is 1.52 bits per heavy atom. The number of aryl methyl sites for hydroxylation is 1. The molecule has 3 rings (SSSR count). The van der Waals surface area contributed by atoms with Gasteiger partial charge in [0.2, 0.25) is 0 Å². The van der Waals surface area contributed by atoms with Gasteiger partial charge in [-0.05, 0) is 33.2 Å². The van der Waals surface area contributed by atoms with Gasteiger partial charge in [0, 0.05) is 24.4 Å². The average Bonchev–Trinajstić information content (AvgIpc) is 2.94. The molecule has 2 saturated heterocycles. The number of amides is 3. The fraction of sp³-hybridized carbons (Fsp3) is 0.643. The molecule has 0 aliphatic carbocycles. The molecule has 1 aromatic rings. The molecule has 0 bridgehead atoms. The molecule has 114 valence electrons. The highest BCUT2D eigenvalue weighted by Crippen LogP contribution is 2.30. The minimum absolute atomic E-state index is 0.137. The number of aromatic nitrogens is 1. The molecular weight excluding hydrogens is 288 g/mol. The van der Waals surface area contributed by atoms with Crippen molar-refractivity contribution in [3.05, 3.63) is 16.1 Å². The zero-order valence-corrected chi connectivity index (χ0v) is 13.1. The number of likely N-dealkylation sites (tertiary alicyclic amines) is 1. The first-order chi connectivity index (χ1) is 9.97. The van der Waals surface area contributed by atoms with Crippen LogP contribution < -0.4 is 10.6 Å². The van der Waals surface area contributed by atoms with E-state index in [-0.39, 0.29) is 17.9 Å².